The highest BCUT2D eigenvalue weighted by molar-refractivity contribution is 5.30. The van der Waals surface area contributed by atoms with Gasteiger partial charge in [-0.15, -0.1) is 0 Å². The van der Waals surface area contributed by atoms with Crippen molar-refractivity contribution in [3.63, 3.8) is 0 Å². The Morgan fingerprint density at radius 2 is 2.11 bits per heavy atom. The van der Waals surface area contributed by atoms with Gasteiger partial charge in [0.1, 0.15) is 5.82 Å². The van der Waals surface area contributed by atoms with Crippen LogP contribution in [0.15, 0.2) is 24.3 Å². The number of hydrogen-bond acceptors (Lipinski definition) is 3. The minimum atomic E-state index is 0.276. The standard InChI is InChI=1S/C15H20N4/c1-3-6-14-17-15(19(2)18-14)13-9-11-7-4-5-8-12(11)10-16-13/h4-5,7-8,13,16H,3,6,9-10H2,1-2H3. The maximum Gasteiger partial charge on any atom is 0.151 e. The van der Waals surface area contributed by atoms with Crippen molar-refractivity contribution in [3.05, 3.63) is 47.0 Å². The van der Waals surface area contributed by atoms with Gasteiger partial charge < -0.3 is 5.32 Å². The van der Waals surface area contributed by atoms with Crippen molar-refractivity contribution in [2.75, 3.05) is 0 Å². The summed E-state index contributed by atoms with van der Waals surface area (Å²) >= 11 is 0. The van der Waals surface area contributed by atoms with Crippen molar-refractivity contribution in [3.8, 4) is 0 Å². The monoisotopic (exact) mass is 256 g/mol. The molecule has 0 saturated heterocycles. The first-order chi connectivity index (χ1) is 9.28. The molecule has 1 aliphatic rings. The fourth-order valence-corrected chi connectivity index (χ4v) is 2.72. The van der Waals surface area contributed by atoms with Gasteiger partial charge in [-0.05, 0) is 24.0 Å². The number of fused-ring (bicyclic) bond motifs is 1. The van der Waals surface area contributed by atoms with Crippen molar-refractivity contribution in [1.29, 1.82) is 0 Å². The Kier molecular flexibility index (Phi) is 3.34. The van der Waals surface area contributed by atoms with Gasteiger partial charge >= 0.3 is 0 Å². The zero-order valence-corrected chi connectivity index (χ0v) is 11.6. The summed E-state index contributed by atoms with van der Waals surface area (Å²) in [5.74, 6) is 2.01. The molecular formula is C15H20N4. The van der Waals surface area contributed by atoms with Crippen LogP contribution in [0.2, 0.25) is 0 Å². The summed E-state index contributed by atoms with van der Waals surface area (Å²) in [7, 11) is 1.99. The Morgan fingerprint density at radius 3 is 2.89 bits per heavy atom. The van der Waals surface area contributed by atoms with Crippen molar-refractivity contribution in [2.45, 2.75) is 38.8 Å². The summed E-state index contributed by atoms with van der Waals surface area (Å²) in [6.07, 6.45) is 3.04. The number of aryl methyl sites for hydroxylation is 2. The minimum absolute atomic E-state index is 0.276. The van der Waals surface area contributed by atoms with Crippen LogP contribution in [0, 0.1) is 0 Å². The van der Waals surface area contributed by atoms with Gasteiger partial charge in [0.25, 0.3) is 0 Å². The molecular weight excluding hydrogens is 236 g/mol. The zero-order valence-electron chi connectivity index (χ0n) is 11.6. The zero-order chi connectivity index (χ0) is 13.2. The summed E-state index contributed by atoms with van der Waals surface area (Å²) in [6, 6.07) is 8.89. The van der Waals surface area contributed by atoms with E-state index in [-0.39, 0.29) is 6.04 Å². The highest BCUT2D eigenvalue weighted by Crippen LogP contribution is 2.24. The van der Waals surface area contributed by atoms with E-state index >= 15 is 0 Å². The van der Waals surface area contributed by atoms with Crippen LogP contribution in [0.5, 0.6) is 0 Å². The largest absolute Gasteiger partial charge is 0.303 e. The second-order valence-corrected chi connectivity index (χ2v) is 5.17. The summed E-state index contributed by atoms with van der Waals surface area (Å²) in [5.41, 5.74) is 2.82. The topological polar surface area (TPSA) is 42.7 Å². The lowest BCUT2D eigenvalue weighted by molar-refractivity contribution is 0.457. The van der Waals surface area contributed by atoms with E-state index in [4.69, 9.17) is 0 Å². The Balaban J connectivity index is 1.84. The lowest BCUT2D eigenvalue weighted by Gasteiger charge is -2.25. The SMILES string of the molecule is CCCc1nc(C2Cc3ccccc3CN2)n(C)n1. The number of benzene rings is 1. The molecule has 2 aromatic rings. The molecule has 0 aliphatic carbocycles. The molecule has 0 radical (unpaired) electrons. The average molecular weight is 256 g/mol. The van der Waals surface area contributed by atoms with Gasteiger partial charge in [-0.25, -0.2) is 4.98 Å². The van der Waals surface area contributed by atoms with Crippen LogP contribution >= 0.6 is 0 Å². The predicted octanol–water partition coefficient (Wildman–Crippen LogP) is 2.15. The average Bonchev–Trinajstić information content (AvgIpc) is 2.79. The van der Waals surface area contributed by atoms with Crippen LogP contribution in [0.25, 0.3) is 0 Å². The summed E-state index contributed by atoms with van der Waals surface area (Å²) in [6.45, 7) is 3.07. The van der Waals surface area contributed by atoms with Crippen molar-refractivity contribution in [1.82, 2.24) is 20.1 Å². The molecule has 0 amide bonds. The molecule has 100 valence electrons. The van der Waals surface area contributed by atoms with Crippen molar-refractivity contribution < 1.29 is 0 Å². The molecule has 1 atom stereocenters. The summed E-state index contributed by atoms with van der Waals surface area (Å²) in [4.78, 5) is 4.69. The predicted molar refractivity (Wildman–Crippen MR) is 74.7 cm³/mol. The number of nitrogens with zero attached hydrogens (tertiary/aromatic N) is 3. The van der Waals surface area contributed by atoms with E-state index < -0.39 is 0 Å². The van der Waals surface area contributed by atoms with Crippen LogP contribution in [-0.4, -0.2) is 14.8 Å². The van der Waals surface area contributed by atoms with Gasteiger partial charge in [0, 0.05) is 20.0 Å². The molecule has 3 rings (SSSR count). The lowest BCUT2D eigenvalue weighted by Crippen LogP contribution is -2.30. The first kappa shape index (κ1) is 12.4. The fraction of sp³-hybridized carbons (Fsp3) is 0.467. The van der Waals surface area contributed by atoms with E-state index in [9.17, 15) is 0 Å². The lowest BCUT2D eigenvalue weighted by atomic mass is 9.95. The quantitative estimate of drug-likeness (QED) is 0.915. The third kappa shape index (κ3) is 2.40. The summed E-state index contributed by atoms with van der Waals surface area (Å²) in [5, 5.41) is 8.06. The van der Waals surface area contributed by atoms with E-state index in [1.807, 2.05) is 11.7 Å². The van der Waals surface area contributed by atoms with Gasteiger partial charge in [0.05, 0.1) is 6.04 Å². The van der Waals surface area contributed by atoms with Gasteiger partial charge in [0.15, 0.2) is 5.82 Å². The van der Waals surface area contributed by atoms with Crippen LogP contribution in [0.4, 0.5) is 0 Å². The second kappa shape index (κ2) is 5.13. The molecule has 2 heterocycles. The van der Waals surface area contributed by atoms with Gasteiger partial charge in [0.2, 0.25) is 0 Å². The number of aromatic nitrogens is 3. The first-order valence-corrected chi connectivity index (χ1v) is 6.98. The van der Waals surface area contributed by atoms with Crippen molar-refractivity contribution in [2.24, 2.45) is 7.05 Å². The minimum Gasteiger partial charge on any atom is -0.303 e. The molecule has 1 N–H and O–H groups in total. The molecule has 0 fully saturated rings. The Hall–Kier alpha value is -1.68. The van der Waals surface area contributed by atoms with Gasteiger partial charge in [-0.1, -0.05) is 31.2 Å². The number of hydrogen-bond donors (Lipinski definition) is 1. The first-order valence-electron chi connectivity index (χ1n) is 6.98. The highest BCUT2D eigenvalue weighted by Gasteiger charge is 2.23. The Morgan fingerprint density at radius 1 is 1.32 bits per heavy atom. The molecule has 1 aromatic heterocycles. The molecule has 1 unspecified atom stereocenters. The van der Waals surface area contributed by atoms with Crippen LogP contribution in [0.1, 0.15) is 42.2 Å². The summed E-state index contributed by atoms with van der Waals surface area (Å²) < 4.78 is 1.93. The smallest absolute Gasteiger partial charge is 0.151 e. The highest BCUT2D eigenvalue weighted by atomic mass is 15.3. The van der Waals surface area contributed by atoms with E-state index in [2.05, 4.69) is 46.6 Å². The molecule has 0 spiro atoms. The van der Waals surface area contributed by atoms with Gasteiger partial charge in [-0.2, -0.15) is 5.10 Å². The van der Waals surface area contributed by atoms with Crippen LogP contribution in [0.3, 0.4) is 0 Å². The second-order valence-electron chi connectivity index (χ2n) is 5.17. The van der Waals surface area contributed by atoms with Gasteiger partial charge in [-0.3, -0.25) is 4.68 Å². The normalized spacial score (nSPS) is 18.3. The van der Waals surface area contributed by atoms with E-state index in [1.54, 1.807) is 0 Å². The third-order valence-electron chi connectivity index (χ3n) is 3.71. The maximum absolute atomic E-state index is 4.69. The number of nitrogens with one attached hydrogen (secondary N) is 1. The van der Waals surface area contributed by atoms with E-state index in [0.717, 1.165) is 37.5 Å². The molecule has 0 bridgehead atoms. The molecule has 4 nitrogen and oxygen atoms in total. The van der Waals surface area contributed by atoms with Crippen LogP contribution < -0.4 is 5.32 Å². The third-order valence-corrected chi connectivity index (χ3v) is 3.71. The van der Waals surface area contributed by atoms with E-state index in [0.29, 0.717) is 0 Å². The van der Waals surface area contributed by atoms with E-state index in [1.165, 1.54) is 11.1 Å². The molecule has 0 saturated carbocycles. The molecule has 1 aliphatic heterocycles. The number of rotatable bonds is 3. The maximum atomic E-state index is 4.69. The van der Waals surface area contributed by atoms with Crippen LogP contribution in [-0.2, 0) is 26.4 Å². The Labute approximate surface area is 113 Å². The fourth-order valence-electron chi connectivity index (χ4n) is 2.72. The Bertz CT molecular complexity index is 573. The molecule has 4 heteroatoms. The van der Waals surface area contributed by atoms with Crippen molar-refractivity contribution >= 4 is 0 Å². The molecule has 1 aromatic carbocycles. The molecule has 19 heavy (non-hydrogen) atoms.